The summed E-state index contributed by atoms with van der Waals surface area (Å²) in [6.07, 6.45) is 1.52. The van der Waals surface area contributed by atoms with E-state index in [2.05, 4.69) is 15.7 Å². The van der Waals surface area contributed by atoms with Crippen LogP contribution in [0.3, 0.4) is 0 Å². The van der Waals surface area contributed by atoms with E-state index in [0.717, 1.165) is 34.0 Å². The molecule has 0 aliphatic carbocycles. The van der Waals surface area contributed by atoms with Crippen molar-refractivity contribution in [3.8, 4) is 5.69 Å². The van der Waals surface area contributed by atoms with Gasteiger partial charge < -0.3 is 15.1 Å². The van der Waals surface area contributed by atoms with E-state index in [9.17, 15) is 9.59 Å². The van der Waals surface area contributed by atoms with Crippen LogP contribution < -0.4 is 10.6 Å². The summed E-state index contributed by atoms with van der Waals surface area (Å²) in [5, 5.41) is 9.92. The molecule has 1 aliphatic heterocycles. The highest BCUT2D eigenvalue weighted by molar-refractivity contribution is 7.98. The molecule has 0 saturated heterocycles. The van der Waals surface area contributed by atoms with Crippen molar-refractivity contribution in [2.45, 2.75) is 25.0 Å². The Kier molecular flexibility index (Phi) is 4.72. The van der Waals surface area contributed by atoms with Crippen molar-refractivity contribution in [2.24, 2.45) is 0 Å². The van der Waals surface area contributed by atoms with Gasteiger partial charge in [0.2, 0.25) is 0 Å². The van der Waals surface area contributed by atoms with E-state index < -0.39 is 11.8 Å². The molecule has 0 radical (unpaired) electrons. The Morgan fingerprint density at radius 3 is 2.74 bits per heavy atom. The molecule has 0 unspecified atom stereocenters. The highest BCUT2D eigenvalue weighted by Gasteiger charge is 2.26. The van der Waals surface area contributed by atoms with Crippen LogP contribution in [-0.4, -0.2) is 21.6 Å². The summed E-state index contributed by atoms with van der Waals surface area (Å²) in [6.45, 7) is 2.17. The summed E-state index contributed by atoms with van der Waals surface area (Å²) in [7, 11) is 0. The third kappa shape index (κ3) is 3.61. The quantitative estimate of drug-likeness (QED) is 0.678. The molecular weight excluding hydrogens is 364 g/mol. The second kappa shape index (κ2) is 7.32. The smallest absolute Gasteiger partial charge is 0.314 e. The van der Waals surface area contributed by atoms with Crippen LogP contribution in [0.2, 0.25) is 0 Å². The molecule has 2 aromatic heterocycles. The maximum atomic E-state index is 12.4. The summed E-state index contributed by atoms with van der Waals surface area (Å²) < 4.78 is 6.85. The lowest BCUT2D eigenvalue weighted by Crippen LogP contribution is -2.35. The van der Waals surface area contributed by atoms with Gasteiger partial charge in [-0.05, 0) is 31.2 Å². The van der Waals surface area contributed by atoms with Crippen LogP contribution in [0.25, 0.3) is 5.69 Å². The number of carbonyl (C=O) groups is 2. The summed E-state index contributed by atoms with van der Waals surface area (Å²) in [6, 6.07) is 11.3. The normalized spacial score (nSPS) is 12.6. The number of rotatable bonds is 4. The van der Waals surface area contributed by atoms with Crippen molar-refractivity contribution in [3.05, 3.63) is 65.2 Å². The fourth-order valence-corrected chi connectivity index (χ4v) is 3.87. The maximum Gasteiger partial charge on any atom is 0.314 e. The van der Waals surface area contributed by atoms with Gasteiger partial charge in [-0.1, -0.05) is 17.7 Å². The lowest BCUT2D eigenvalue weighted by atomic mass is 10.2. The van der Waals surface area contributed by atoms with Crippen molar-refractivity contribution in [3.63, 3.8) is 0 Å². The Morgan fingerprint density at radius 2 is 2.00 bits per heavy atom. The first-order valence-corrected chi connectivity index (χ1v) is 9.64. The van der Waals surface area contributed by atoms with Crippen molar-refractivity contribution < 1.29 is 14.0 Å². The minimum atomic E-state index is -0.727. The molecule has 4 rings (SSSR count). The second-order valence-electron chi connectivity index (χ2n) is 6.23. The monoisotopic (exact) mass is 382 g/mol. The van der Waals surface area contributed by atoms with Crippen molar-refractivity contribution in [2.75, 3.05) is 5.32 Å². The van der Waals surface area contributed by atoms with E-state index in [1.165, 1.54) is 6.26 Å². The highest BCUT2D eigenvalue weighted by Crippen LogP contribution is 2.36. The van der Waals surface area contributed by atoms with E-state index in [-0.39, 0.29) is 6.54 Å². The van der Waals surface area contributed by atoms with Gasteiger partial charge >= 0.3 is 11.8 Å². The van der Waals surface area contributed by atoms with Crippen LogP contribution in [0.15, 0.2) is 47.1 Å². The Hall–Kier alpha value is -3.00. The first kappa shape index (κ1) is 17.4. The maximum absolute atomic E-state index is 12.4. The molecule has 0 fully saturated rings. The number of anilines is 1. The summed E-state index contributed by atoms with van der Waals surface area (Å²) in [5.74, 6) is 1.24. The molecule has 3 aromatic rings. The molecule has 0 bridgehead atoms. The SMILES string of the molecule is Cc1ccc(-n2nc3c(c2NC(=O)C(=O)NCc2ccco2)CSC3)cc1. The molecule has 1 aliphatic rings. The number of benzene rings is 1. The molecule has 8 heteroatoms. The molecule has 7 nitrogen and oxygen atoms in total. The van der Waals surface area contributed by atoms with Gasteiger partial charge in [-0.3, -0.25) is 9.59 Å². The summed E-state index contributed by atoms with van der Waals surface area (Å²) in [5.41, 5.74) is 3.88. The van der Waals surface area contributed by atoms with Crippen molar-refractivity contribution in [1.29, 1.82) is 0 Å². The number of aryl methyl sites for hydroxylation is 1. The predicted molar refractivity (Wildman–Crippen MR) is 102 cm³/mol. The Morgan fingerprint density at radius 1 is 1.19 bits per heavy atom. The molecule has 0 saturated carbocycles. The Labute approximate surface area is 160 Å². The van der Waals surface area contributed by atoms with Gasteiger partial charge in [0, 0.05) is 17.1 Å². The number of amides is 2. The van der Waals surface area contributed by atoms with E-state index in [1.807, 2.05) is 31.2 Å². The molecule has 27 heavy (non-hydrogen) atoms. The van der Waals surface area contributed by atoms with Gasteiger partial charge in [0.05, 0.1) is 24.2 Å². The zero-order valence-electron chi connectivity index (χ0n) is 14.7. The predicted octanol–water partition coefficient (Wildman–Crippen LogP) is 2.78. The van der Waals surface area contributed by atoms with Gasteiger partial charge in [0.1, 0.15) is 11.6 Å². The van der Waals surface area contributed by atoms with E-state index in [1.54, 1.807) is 28.6 Å². The van der Waals surface area contributed by atoms with Crippen LogP contribution in [0.1, 0.15) is 22.6 Å². The van der Waals surface area contributed by atoms with E-state index in [4.69, 9.17) is 4.42 Å². The van der Waals surface area contributed by atoms with Gasteiger partial charge in [0.25, 0.3) is 0 Å². The molecule has 3 heterocycles. The second-order valence-corrected chi connectivity index (χ2v) is 7.22. The molecule has 2 amide bonds. The number of nitrogens with one attached hydrogen (secondary N) is 2. The van der Waals surface area contributed by atoms with Gasteiger partial charge in [-0.2, -0.15) is 16.9 Å². The van der Waals surface area contributed by atoms with Crippen LogP contribution in [-0.2, 0) is 27.6 Å². The molecular formula is C19H18N4O3S. The van der Waals surface area contributed by atoms with Crippen LogP contribution >= 0.6 is 11.8 Å². The average molecular weight is 382 g/mol. The van der Waals surface area contributed by atoms with Gasteiger partial charge in [0.15, 0.2) is 0 Å². The van der Waals surface area contributed by atoms with E-state index in [0.29, 0.717) is 11.6 Å². The zero-order chi connectivity index (χ0) is 18.8. The first-order valence-electron chi connectivity index (χ1n) is 8.49. The minimum absolute atomic E-state index is 0.157. The lowest BCUT2D eigenvalue weighted by molar-refractivity contribution is -0.136. The number of aromatic nitrogens is 2. The molecule has 2 N–H and O–H groups in total. The Bertz CT molecular complexity index is 977. The number of fused-ring (bicyclic) bond motifs is 1. The molecule has 1 aromatic carbocycles. The van der Waals surface area contributed by atoms with Crippen LogP contribution in [0.4, 0.5) is 5.82 Å². The topological polar surface area (TPSA) is 89.2 Å². The molecule has 0 spiro atoms. The van der Waals surface area contributed by atoms with Gasteiger partial charge in [-0.25, -0.2) is 4.68 Å². The number of furan rings is 1. The van der Waals surface area contributed by atoms with Crippen LogP contribution in [0, 0.1) is 6.92 Å². The molecule has 138 valence electrons. The van der Waals surface area contributed by atoms with Crippen LogP contribution in [0.5, 0.6) is 0 Å². The molecule has 0 atom stereocenters. The third-order valence-corrected chi connectivity index (χ3v) is 5.24. The largest absolute Gasteiger partial charge is 0.467 e. The highest BCUT2D eigenvalue weighted by atomic mass is 32.2. The fourth-order valence-electron chi connectivity index (χ4n) is 2.84. The third-order valence-electron chi connectivity index (χ3n) is 4.27. The zero-order valence-corrected chi connectivity index (χ0v) is 15.5. The first-order chi connectivity index (χ1) is 13.1. The summed E-state index contributed by atoms with van der Waals surface area (Å²) in [4.78, 5) is 24.6. The average Bonchev–Trinajstić information content (AvgIpc) is 3.39. The minimum Gasteiger partial charge on any atom is -0.467 e. The van der Waals surface area contributed by atoms with Crippen molar-refractivity contribution in [1.82, 2.24) is 15.1 Å². The number of nitrogens with zero attached hydrogens (tertiary/aromatic N) is 2. The van der Waals surface area contributed by atoms with Gasteiger partial charge in [-0.15, -0.1) is 0 Å². The summed E-state index contributed by atoms with van der Waals surface area (Å²) >= 11 is 1.73. The standard InChI is InChI=1S/C19H18N4O3S/c1-12-4-6-13(7-5-12)23-17(15-10-27-11-16(15)22-23)21-19(25)18(24)20-9-14-3-2-8-26-14/h2-8H,9-11H2,1H3,(H,20,24)(H,21,25). The van der Waals surface area contributed by atoms with E-state index >= 15 is 0 Å². The number of hydrogen-bond acceptors (Lipinski definition) is 5. The lowest BCUT2D eigenvalue weighted by Gasteiger charge is -2.11. The van der Waals surface area contributed by atoms with Crippen molar-refractivity contribution >= 4 is 29.4 Å². The number of hydrogen-bond donors (Lipinski definition) is 2. The fraction of sp³-hybridized carbons (Fsp3) is 0.211. The Balaban J connectivity index is 1.54. The number of thioether (sulfide) groups is 1. The number of carbonyl (C=O) groups excluding carboxylic acids is 2.